The summed E-state index contributed by atoms with van der Waals surface area (Å²) in [4.78, 5) is 26.6. The fourth-order valence-corrected chi connectivity index (χ4v) is 3.48. The van der Waals surface area contributed by atoms with Crippen LogP contribution in [0.4, 0.5) is 0 Å². The van der Waals surface area contributed by atoms with Crippen molar-refractivity contribution < 1.29 is 14.0 Å². The topological polar surface area (TPSA) is 91.2 Å². The summed E-state index contributed by atoms with van der Waals surface area (Å²) < 4.78 is 4.97. The second kappa shape index (κ2) is 7.90. The highest BCUT2D eigenvalue weighted by Gasteiger charge is 2.25. The Morgan fingerprint density at radius 3 is 2.75 bits per heavy atom. The molecule has 7 nitrogen and oxygen atoms in total. The van der Waals surface area contributed by atoms with E-state index in [0.29, 0.717) is 47.9 Å². The summed E-state index contributed by atoms with van der Waals surface area (Å²) in [5, 5.41) is 10.6. The van der Waals surface area contributed by atoms with Crippen molar-refractivity contribution in [2.24, 2.45) is 0 Å². The van der Waals surface area contributed by atoms with E-state index in [0.717, 1.165) is 5.56 Å². The van der Waals surface area contributed by atoms with Crippen molar-refractivity contribution in [1.82, 2.24) is 20.4 Å². The highest BCUT2D eigenvalue weighted by atomic mass is 35.5. The predicted octanol–water partition coefficient (Wildman–Crippen LogP) is 3.36. The molecule has 28 heavy (non-hydrogen) atoms. The fraction of sp³-hybridized carbons (Fsp3) is 0.250. The van der Waals surface area contributed by atoms with Gasteiger partial charge in [0.25, 0.3) is 11.8 Å². The first-order chi connectivity index (χ1) is 13.6. The highest BCUT2D eigenvalue weighted by molar-refractivity contribution is 6.30. The molecule has 1 aliphatic heterocycles. The van der Waals surface area contributed by atoms with E-state index in [-0.39, 0.29) is 17.9 Å². The number of likely N-dealkylation sites (tertiary alicyclic amines) is 1. The molecule has 2 N–H and O–H groups in total. The van der Waals surface area contributed by atoms with Crippen molar-refractivity contribution >= 4 is 23.4 Å². The molecule has 1 aliphatic rings. The van der Waals surface area contributed by atoms with Gasteiger partial charge in [0, 0.05) is 29.7 Å². The van der Waals surface area contributed by atoms with Gasteiger partial charge >= 0.3 is 0 Å². The Morgan fingerprint density at radius 2 is 2.04 bits per heavy atom. The maximum absolute atomic E-state index is 12.5. The quantitative estimate of drug-likeness (QED) is 0.705. The molecule has 0 spiro atoms. The largest absolute Gasteiger partial charge is 0.472 e. The first-order valence-electron chi connectivity index (χ1n) is 9.04. The number of carbonyl (C=O) groups excluding carboxylic acids is 2. The average Bonchev–Trinajstić information content (AvgIpc) is 3.40. The van der Waals surface area contributed by atoms with Gasteiger partial charge in [-0.2, -0.15) is 5.10 Å². The normalized spacial score (nSPS) is 14.8. The lowest BCUT2D eigenvalue weighted by atomic mass is 10.0. The van der Waals surface area contributed by atoms with E-state index in [1.807, 2.05) is 12.1 Å². The summed E-state index contributed by atoms with van der Waals surface area (Å²) in [6.45, 7) is 1.18. The number of H-pyrrole nitrogens is 1. The molecule has 1 saturated heterocycles. The lowest BCUT2D eigenvalue weighted by Gasteiger charge is -2.32. The van der Waals surface area contributed by atoms with Gasteiger partial charge in [-0.1, -0.05) is 23.7 Å². The number of piperidine rings is 1. The van der Waals surface area contributed by atoms with Crippen molar-refractivity contribution in [1.29, 1.82) is 0 Å². The molecule has 1 fully saturated rings. The molecule has 0 atom stereocenters. The number of hydrogen-bond acceptors (Lipinski definition) is 4. The summed E-state index contributed by atoms with van der Waals surface area (Å²) in [6, 6.07) is 10.7. The van der Waals surface area contributed by atoms with Gasteiger partial charge < -0.3 is 14.6 Å². The number of aromatic nitrogens is 2. The number of rotatable bonds is 4. The van der Waals surface area contributed by atoms with Crippen LogP contribution >= 0.6 is 11.6 Å². The minimum Gasteiger partial charge on any atom is -0.472 e. The fourth-order valence-electron chi connectivity index (χ4n) is 3.29. The second-order valence-electron chi connectivity index (χ2n) is 6.73. The van der Waals surface area contributed by atoms with E-state index in [4.69, 9.17) is 16.0 Å². The second-order valence-corrected chi connectivity index (χ2v) is 7.17. The van der Waals surface area contributed by atoms with Gasteiger partial charge in [0.1, 0.15) is 12.0 Å². The van der Waals surface area contributed by atoms with Crippen LogP contribution in [-0.4, -0.2) is 46.0 Å². The molecule has 4 rings (SSSR count). The number of halogens is 1. The van der Waals surface area contributed by atoms with Crippen molar-refractivity contribution in [3.05, 3.63) is 65.2 Å². The first kappa shape index (κ1) is 18.3. The number of amides is 2. The number of aromatic amines is 1. The highest BCUT2D eigenvalue weighted by Crippen LogP contribution is 2.21. The van der Waals surface area contributed by atoms with E-state index in [1.165, 1.54) is 12.5 Å². The lowest BCUT2D eigenvalue weighted by Crippen LogP contribution is -2.46. The Bertz CT molecular complexity index is 975. The smallest absolute Gasteiger partial charge is 0.269 e. The van der Waals surface area contributed by atoms with E-state index in [1.54, 1.807) is 29.2 Å². The van der Waals surface area contributed by atoms with Crippen LogP contribution in [0.5, 0.6) is 0 Å². The molecule has 144 valence electrons. The maximum Gasteiger partial charge on any atom is 0.269 e. The van der Waals surface area contributed by atoms with Crippen LogP contribution in [-0.2, 0) is 0 Å². The minimum atomic E-state index is -0.208. The molecule has 0 unspecified atom stereocenters. The Hall–Kier alpha value is -3.06. The molecular weight excluding hydrogens is 380 g/mol. The van der Waals surface area contributed by atoms with Crippen molar-refractivity contribution in [3.63, 3.8) is 0 Å². The zero-order valence-electron chi connectivity index (χ0n) is 15.0. The Kier molecular flexibility index (Phi) is 5.16. The van der Waals surface area contributed by atoms with Crippen molar-refractivity contribution in [3.8, 4) is 11.3 Å². The summed E-state index contributed by atoms with van der Waals surface area (Å²) in [5.41, 5.74) is 2.45. The lowest BCUT2D eigenvalue weighted by molar-refractivity contribution is 0.0697. The molecule has 2 amide bonds. The summed E-state index contributed by atoms with van der Waals surface area (Å²) in [5.74, 6) is -0.251. The predicted molar refractivity (Wildman–Crippen MR) is 104 cm³/mol. The summed E-state index contributed by atoms with van der Waals surface area (Å²) in [6.07, 6.45) is 4.34. The third-order valence-corrected chi connectivity index (χ3v) is 5.06. The minimum absolute atomic E-state index is 0.0128. The van der Waals surface area contributed by atoms with Crippen LogP contribution < -0.4 is 5.32 Å². The van der Waals surface area contributed by atoms with Crippen molar-refractivity contribution in [2.45, 2.75) is 18.9 Å². The maximum atomic E-state index is 12.5. The van der Waals surface area contributed by atoms with Gasteiger partial charge in [-0.3, -0.25) is 14.7 Å². The van der Waals surface area contributed by atoms with Gasteiger partial charge in [0.2, 0.25) is 0 Å². The average molecular weight is 399 g/mol. The standard InChI is InChI=1S/C20H19ClN4O3/c21-15-3-1-2-13(10-15)17-11-18(24-23-17)19(26)22-16-4-7-25(8-5-16)20(27)14-6-9-28-12-14/h1-3,6,9-12,16H,4-5,7-8H2,(H,22,26)(H,23,24). The third kappa shape index (κ3) is 3.94. The van der Waals surface area contributed by atoms with Crippen LogP contribution in [0.15, 0.2) is 53.3 Å². The number of nitrogens with zero attached hydrogens (tertiary/aromatic N) is 2. The molecule has 0 bridgehead atoms. The number of benzene rings is 1. The summed E-state index contributed by atoms with van der Waals surface area (Å²) >= 11 is 6.01. The van der Waals surface area contributed by atoms with Crippen molar-refractivity contribution in [2.75, 3.05) is 13.1 Å². The van der Waals surface area contributed by atoms with Gasteiger partial charge in [0.15, 0.2) is 0 Å². The number of furan rings is 1. The zero-order chi connectivity index (χ0) is 19.5. The molecule has 0 radical (unpaired) electrons. The molecule has 2 aromatic heterocycles. The zero-order valence-corrected chi connectivity index (χ0v) is 15.8. The van der Waals surface area contributed by atoms with Crippen LogP contribution in [0.3, 0.4) is 0 Å². The molecular formula is C20H19ClN4O3. The molecule has 8 heteroatoms. The van der Waals surface area contributed by atoms with E-state index in [9.17, 15) is 9.59 Å². The Morgan fingerprint density at radius 1 is 1.21 bits per heavy atom. The number of carbonyl (C=O) groups is 2. The van der Waals surface area contributed by atoms with E-state index >= 15 is 0 Å². The van der Waals surface area contributed by atoms with Crippen LogP contribution in [0.2, 0.25) is 5.02 Å². The molecule has 3 heterocycles. The molecule has 0 saturated carbocycles. The SMILES string of the molecule is O=C(NC1CCN(C(=O)c2ccoc2)CC1)c1cc(-c2cccc(Cl)c2)n[nH]1. The molecule has 3 aromatic rings. The monoisotopic (exact) mass is 398 g/mol. The molecule has 1 aromatic carbocycles. The Balaban J connectivity index is 1.33. The molecule has 0 aliphatic carbocycles. The van der Waals surface area contributed by atoms with E-state index < -0.39 is 0 Å². The number of nitrogens with one attached hydrogen (secondary N) is 2. The number of hydrogen-bond donors (Lipinski definition) is 2. The van der Waals surface area contributed by atoms with Crippen LogP contribution in [0, 0.1) is 0 Å². The van der Waals surface area contributed by atoms with Crippen LogP contribution in [0.1, 0.15) is 33.7 Å². The van der Waals surface area contributed by atoms with E-state index in [2.05, 4.69) is 15.5 Å². The third-order valence-electron chi connectivity index (χ3n) is 4.83. The Labute approximate surface area is 166 Å². The van der Waals surface area contributed by atoms with Gasteiger partial charge in [-0.25, -0.2) is 0 Å². The van der Waals surface area contributed by atoms with Crippen LogP contribution in [0.25, 0.3) is 11.3 Å². The first-order valence-corrected chi connectivity index (χ1v) is 9.41. The summed E-state index contributed by atoms with van der Waals surface area (Å²) in [7, 11) is 0. The van der Waals surface area contributed by atoms with Gasteiger partial charge in [-0.05, 0) is 37.1 Å². The van der Waals surface area contributed by atoms with Gasteiger partial charge in [-0.15, -0.1) is 0 Å². The van der Waals surface area contributed by atoms with Gasteiger partial charge in [0.05, 0.1) is 17.5 Å².